The SMILES string of the molecule is COC(=O)[C@@H]1CCCN1CC(CO)NC(=O)OCc1ccccc1. The summed E-state index contributed by atoms with van der Waals surface area (Å²) in [6.07, 6.45) is 1.02. The molecule has 7 nitrogen and oxygen atoms in total. The van der Waals surface area contributed by atoms with Crippen LogP contribution in [-0.2, 0) is 20.9 Å². The number of amides is 1. The Bertz CT molecular complexity index is 537. The van der Waals surface area contributed by atoms with Gasteiger partial charge in [-0.25, -0.2) is 4.79 Å². The summed E-state index contributed by atoms with van der Waals surface area (Å²) in [4.78, 5) is 25.5. The van der Waals surface area contributed by atoms with Crippen LogP contribution < -0.4 is 5.32 Å². The molecule has 2 atom stereocenters. The van der Waals surface area contributed by atoms with Crippen molar-refractivity contribution in [1.82, 2.24) is 10.2 Å². The highest BCUT2D eigenvalue weighted by molar-refractivity contribution is 5.76. The second-order valence-electron chi connectivity index (χ2n) is 5.76. The van der Waals surface area contributed by atoms with Crippen molar-refractivity contribution in [2.24, 2.45) is 0 Å². The molecule has 7 heteroatoms. The Kier molecular flexibility index (Phi) is 7.02. The summed E-state index contributed by atoms with van der Waals surface area (Å²) in [5.41, 5.74) is 0.887. The number of hydrogen-bond acceptors (Lipinski definition) is 6. The zero-order valence-electron chi connectivity index (χ0n) is 13.8. The molecule has 1 amide bonds. The van der Waals surface area contributed by atoms with Gasteiger partial charge in [0.05, 0.1) is 19.8 Å². The number of nitrogens with one attached hydrogen (secondary N) is 1. The first-order valence-electron chi connectivity index (χ1n) is 8.04. The van der Waals surface area contributed by atoms with Crippen LogP contribution in [0, 0.1) is 0 Å². The molecular weight excluding hydrogens is 312 g/mol. The topological polar surface area (TPSA) is 88.1 Å². The molecule has 1 aromatic carbocycles. The van der Waals surface area contributed by atoms with Crippen LogP contribution in [0.4, 0.5) is 4.79 Å². The number of carbonyl (C=O) groups excluding carboxylic acids is 2. The maximum atomic E-state index is 11.9. The van der Waals surface area contributed by atoms with E-state index in [9.17, 15) is 14.7 Å². The molecule has 132 valence electrons. The van der Waals surface area contributed by atoms with Gasteiger partial charge in [0.15, 0.2) is 0 Å². The summed E-state index contributed by atoms with van der Waals surface area (Å²) in [5, 5.41) is 12.1. The number of benzene rings is 1. The lowest BCUT2D eigenvalue weighted by atomic mass is 10.2. The van der Waals surface area contributed by atoms with Crippen molar-refractivity contribution >= 4 is 12.1 Å². The third-order valence-electron chi connectivity index (χ3n) is 4.05. The maximum absolute atomic E-state index is 11.9. The molecule has 1 heterocycles. The number of ether oxygens (including phenoxy) is 2. The molecule has 1 saturated heterocycles. The lowest BCUT2D eigenvalue weighted by molar-refractivity contribution is -0.146. The van der Waals surface area contributed by atoms with Gasteiger partial charge in [0, 0.05) is 6.54 Å². The second kappa shape index (κ2) is 9.24. The third kappa shape index (κ3) is 5.21. The Morgan fingerprint density at radius 2 is 2.12 bits per heavy atom. The lowest BCUT2D eigenvalue weighted by Crippen LogP contribution is -2.49. The molecule has 1 fully saturated rings. The van der Waals surface area contributed by atoms with Gasteiger partial charge in [0.1, 0.15) is 12.6 Å². The fourth-order valence-corrected chi connectivity index (χ4v) is 2.81. The molecule has 1 aromatic rings. The van der Waals surface area contributed by atoms with Crippen LogP contribution in [0.2, 0.25) is 0 Å². The van der Waals surface area contributed by atoms with Gasteiger partial charge < -0.3 is 19.9 Å². The highest BCUT2D eigenvalue weighted by Crippen LogP contribution is 2.18. The first-order chi connectivity index (χ1) is 11.6. The predicted octanol–water partition coefficient (Wildman–Crippen LogP) is 0.911. The Morgan fingerprint density at radius 3 is 2.79 bits per heavy atom. The third-order valence-corrected chi connectivity index (χ3v) is 4.05. The van der Waals surface area contributed by atoms with Gasteiger partial charge in [-0.05, 0) is 24.9 Å². The number of likely N-dealkylation sites (tertiary alicyclic amines) is 1. The highest BCUT2D eigenvalue weighted by Gasteiger charge is 2.33. The Labute approximate surface area is 141 Å². The first-order valence-corrected chi connectivity index (χ1v) is 8.04. The van der Waals surface area contributed by atoms with Crippen LogP contribution in [0.25, 0.3) is 0 Å². The minimum Gasteiger partial charge on any atom is -0.468 e. The second-order valence-corrected chi connectivity index (χ2v) is 5.76. The molecule has 2 rings (SSSR count). The van der Waals surface area contributed by atoms with Crippen LogP contribution in [0.3, 0.4) is 0 Å². The van der Waals surface area contributed by atoms with E-state index < -0.39 is 12.1 Å². The molecule has 2 N–H and O–H groups in total. The summed E-state index contributed by atoms with van der Waals surface area (Å²) in [6, 6.07) is 8.54. The molecule has 0 aromatic heterocycles. The molecule has 1 unspecified atom stereocenters. The number of aliphatic hydroxyl groups excluding tert-OH is 1. The fraction of sp³-hybridized carbons (Fsp3) is 0.529. The first kappa shape index (κ1) is 18.2. The number of hydrogen-bond donors (Lipinski definition) is 2. The van der Waals surface area contributed by atoms with E-state index in [2.05, 4.69) is 5.32 Å². The van der Waals surface area contributed by atoms with Crippen molar-refractivity contribution in [2.75, 3.05) is 26.8 Å². The Balaban J connectivity index is 1.80. The smallest absolute Gasteiger partial charge is 0.407 e. The standard InChI is InChI=1S/C17H24N2O5/c1-23-16(21)15-8-5-9-19(15)10-14(11-20)18-17(22)24-12-13-6-3-2-4-7-13/h2-4,6-7,14-15,20H,5,8-12H2,1H3,(H,18,22)/t14?,15-/m0/s1. The van der Waals surface area contributed by atoms with E-state index in [1.807, 2.05) is 35.2 Å². The highest BCUT2D eigenvalue weighted by atomic mass is 16.5. The van der Waals surface area contributed by atoms with Crippen LogP contribution >= 0.6 is 0 Å². The van der Waals surface area contributed by atoms with Crippen molar-refractivity contribution in [1.29, 1.82) is 0 Å². The summed E-state index contributed by atoms with van der Waals surface area (Å²) in [6.45, 7) is 1.04. The molecule has 1 aliphatic heterocycles. The van der Waals surface area contributed by atoms with E-state index in [4.69, 9.17) is 9.47 Å². The van der Waals surface area contributed by atoms with Gasteiger partial charge in [-0.15, -0.1) is 0 Å². The monoisotopic (exact) mass is 336 g/mol. The van der Waals surface area contributed by atoms with Gasteiger partial charge in [0.25, 0.3) is 0 Å². The number of aliphatic hydroxyl groups is 1. The van der Waals surface area contributed by atoms with E-state index in [0.717, 1.165) is 24.9 Å². The molecule has 24 heavy (non-hydrogen) atoms. The van der Waals surface area contributed by atoms with Gasteiger partial charge in [-0.3, -0.25) is 9.69 Å². The van der Waals surface area contributed by atoms with Gasteiger partial charge in [-0.1, -0.05) is 30.3 Å². The molecule has 0 spiro atoms. The number of rotatable bonds is 7. The average Bonchev–Trinajstić information content (AvgIpc) is 3.07. The van der Waals surface area contributed by atoms with Crippen LogP contribution in [-0.4, -0.2) is 61.0 Å². The van der Waals surface area contributed by atoms with Gasteiger partial charge >= 0.3 is 12.1 Å². The van der Waals surface area contributed by atoms with Crippen molar-refractivity contribution < 1.29 is 24.2 Å². The molecule has 0 saturated carbocycles. The van der Waals surface area contributed by atoms with Crippen molar-refractivity contribution in [3.8, 4) is 0 Å². The quantitative estimate of drug-likeness (QED) is 0.720. The Hall–Kier alpha value is -2.12. The van der Waals surface area contributed by atoms with Gasteiger partial charge in [0.2, 0.25) is 0 Å². The largest absolute Gasteiger partial charge is 0.468 e. The van der Waals surface area contributed by atoms with Crippen LogP contribution in [0.1, 0.15) is 18.4 Å². The number of carbonyl (C=O) groups is 2. The van der Waals surface area contributed by atoms with Gasteiger partial charge in [-0.2, -0.15) is 0 Å². The van der Waals surface area contributed by atoms with Crippen molar-refractivity contribution in [3.05, 3.63) is 35.9 Å². The van der Waals surface area contributed by atoms with E-state index in [1.165, 1.54) is 7.11 Å². The van der Waals surface area contributed by atoms with Crippen molar-refractivity contribution in [3.63, 3.8) is 0 Å². The number of alkyl carbamates (subject to hydrolysis) is 1. The minimum atomic E-state index is -0.591. The predicted molar refractivity (Wildman–Crippen MR) is 87.2 cm³/mol. The summed E-state index contributed by atoms with van der Waals surface area (Å²) >= 11 is 0. The van der Waals surface area contributed by atoms with Crippen LogP contribution in [0.5, 0.6) is 0 Å². The number of nitrogens with zero attached hydrogens (tertiary/aromatic N) is 1. The number of methoxy groups -OCH3 is 1. The zero-order valence-corrected chi connectivity index (χ0v) is 13.8. The fourth-order valence-electron chi connectivity index (χ4n) is 2.81. The zero-order chi connectivity index (χ0) is 17.4. The number of esters is 1. The molecule has 1 aliphatic rings. The minimum absolute atomic E-state index is 0.166. The van der Waals surface area contributed by atoms with Crippen LogP contribution in [0.15, 0.2) is 30.3 Å². The summed E-state index contributed by atoms with van der Waals surface area (Å²) in [5.74, 6) is -0.282. The average molecular weight is 336 g/mol. The van der Waals surface area contributed by atoms with E-state index >= 15 is 0 Å². The molecule has 0 radical (unpaired) electrons. The summed E-state index contributed by atoms with van der Waals surface area (Å²) in [7, 11) is 1.36. The van der Waals surface area contributed by atoms with Crippen molar-refractivity contribution in [2.45, 2.75) is 31.5 Å². The molecular formula is C17H24N2O5. The van der Waals surface area contributed by atoms with E-state index in [-0.39, 0.29) is 25.2 Å². The Morgan fingerprint density at radius 1 is 1.38 bits per heavy atom. The summed E-state index contributed by atoms with van der Waals surface area (Å²) < 4.78 is 9.94. The molecule has 0 bridgehead atoms. The molecule has 0 aliphatic carbocycles. The maximum Gasteiger partial charge on any atom is 0.407 e. The van der Waals surface area contributed by atoms with E-state index in [0.29, 0.717) is 6.54 Å². The normalized spacial score (nSPS) is 18.8. The van der Waals surface area contributed by atoms with E-state index in [1.54, 1.807) is 0 Å². The lowest BCUT2D eigenvalue weighted by Gasteiger charge is -2.26.